The van der Waals surface area contributed by atoms with Crippen molar-refractivity contribution < 1.29 is 9.90 Å². The van der Waals surface area contributed by atoms with E-state index in [2.05, 4.69) is 12.1 Å². The third-order valence-electron chi connectivity index (χ3n) is 3.64. The summed E-state index contributed by atoms with van der Waals surface area (Å²) >= 11 is 0. The lowest BCUT2D eigenvalue weighted by molar-refractivity contribution is -0.128. The van der Waals surface area contributed by atoms with Crippen molar-refractivity contribution in [2.24, 2.45) is 5.92 Å². The molecule has 0 amide bonds. The van der Waals surface area contributed by atoms with Crippen LogP contribution in [0.4, 0.5) is 0 Å². The van der Waals surface area contributed by atoms with Gasteiger partial charge in [-0.1, -0.05) is 36.8 Å². The van der Waals surface area contributed by atoms with E-state index < -0.39 is 6.10 Å². The second-order valence-corrected chi connectivity index (χ2v) is 4.91. The van der Waals surface area contributed by atoms with Crippen molar-refractivity contribution in [1.29, 1.82) is 0 Å². The molecule has 0 unspecified atom stereocenters. The number of carbonyl (C=O) groups excluding carboxylic acids is 1. The minimum Gasteiger partial charge on any atom is -0.392 e. The van der Waals surface area contributed by atoms with Gasteiger partial charge in [-0.3, -0.25) is 4.79 Å². The molecule has 0 spiro atoms. The molecule has 0 aromatic heterocycles. The number of aliphatic hydroxyl groups excluding tert-OH is 1. The Morgan fingerprint density at radius 3 is 2.71 bits per heavy atom. The predicted molar refractivity (Wildman–Crippen MR) is 67.7 cm³/mol. The van der Waals surface area contributed by atoms with E-state index in [1.54, 1.807) is 0 Å². The first-order valence-electron chi connectivity index (χ1n) is 6.52. The molecule has 2 nitrogen and oxygen atoms in total. The number of ketones is 1. The Bertz CT molecular complexity index is 358. The summed E-state index contributed by atoms with van der Waals surface area (Å²) in [5.74, 6) is 0.157. The van der Waals surface area contributed by atoms with Crippen LogP contribution in [0.2, 0.25) is 0 Å². The molecule has 0 radical (unpaired) electrons. The topological polar surface area (TPSA) is 37.3 Å². The van der Waals surface area contributed by atoms with Gasteiger partial charge >= 0.3 is 0 Å². The highest BCUT2D eigenvalue weighted by Gasteiger charge is 2.28. The number of aliphatic hydroxyl groups is 1. The van der Waals surface area contributed by atoms with Gasteiger partial charge in [-0.2, -0.15) is 0 Å². The molecular formula is C15H20O2. The first-order valence-corrected chi connectivity index (χ1v) is 6.52. The molecule has 0 aliphatic heterocycles. The lowest BCUT2D eigenvalue weighted by atomic mass is 9.82. The van der Waals surface area contributed by atoms with Crippen LogP contribution in [-0.2, 0) is 11.2 Å². The van der Waals surface area contributed by atoms with Gasteiger partial charge in [-0.25, -0.2) is 0 Å². The average molecular weight is 232 g/mol. The molecule has 0 saturated heterocycles. The quantitative estimate of drug-likeness (QED) is 0.866. The second kappa shape index (κ2) is 5.97. The zero-order valence-corrected chi connectivity index (χ0v) is 10.1. The molecule has 2 rings (SSSR count). The van der Waals surface area contributed by atoms with Crippen LogP contribution in [0.25, 0.3) is 0 Å². The molecule has 1 aromatic rings. The molecule has 0 heterocycles. The zero-order chi connectivity index (χ0) is 12.1. The maximum Gasteiger partial charge on any atom is 0.138 e. The molecule has 1 aromatic carbocycles. The molecule has 2 heteroatoms. The number of Topliss-reactive ketones (excluding diaryl/α,β-unsaturated/α-hetero) is 1. The van der Waals surface area contributed by atoms with E-state index in [4.69, 9.17) is 0 Å². The lowest BCUT2D eigenvalue weighted by Gasteiger charge is -2.25. The van der Waals surface area contributed by atoms with Crippen LogP contribution in [0.1, 0.15) is 37.7 Å². The summed E-state index contributed by atoms with van der Waals surface area (Å²) in [4.78, 5) is 11.7. The minimum absolute atomic E-state index is 0.104. The third kappa shape index (κ3) is 3.40. The number of aryl methyl sites for hydroxylation is 1. The van der Waals surface area contributed by atoms with E-state index in [-0.39, 0.29) is 11.7 Å². The van der Waals surface area contributed by atoms with E-state index in [9.17, 15) is 9.90 Å². The second-order valence-electron chi connectivity index (χ2n) is 4.91. The van der Waals surface area contributed by atoms with E-state index in [0.29, 0.717) is 12.8 Å². The fraction of sp³-hybridized carbons (Fsp3) is 0.533. The number of rotatable bonds is 4. The highest BCUT2D eigenvalue weighted by atomic mass is 16.3. The Kier molecular flexibility index (Phi) is 4.32. The molecule has 1 saturated carbocycles. The Hall–Kier alpha value is -1.15. The summed E-state index contributed by atoms with van der Waals surface area (Å²) in [6.07, 6.45) is 4.70. The van der Waals surface area contributed by atoms with Gasteiger partial charge in [0.15, 0.2) is 0 Å². The standard InChI is InChI=1S/C15H20O2/c16-14-9-5-4-8-13(14)15(17)11-10-12-6-2-1-3-7-12/h1-3,6-7,13,15,17H,4-5,8-11H2/t13-,15-/m1/s1. The molecule has 0 bridgehead atoms. The van der Waals surface area contributed by atoms with Crippen LogP contribution < -0.4 is 0 Å². The van der Waals surface area contributed by atoms with Crippen molar-refractivity contribution in [3.63, 3.8) is 0 Å². The molecule has 1 aliphatic carbocycles. The van der Waals surface area contributed by atoms with Crippen LogP contribution in [0.15, 0.2) is 30.3 Å². The molecule has 1 fully saturated rings. The van der Waals surface area contributed by atoms with Gasteiger partial charge in [0.25, 0.3) is 0 Å². The predicted octanol–water partition coefficient (Wildman–Crippen LogP) is 2.74. The fourth-order valence-electron chi connectivity index (χ4n) is 2.58. The molecule has 1 N–H and O–H groups in total. The van der Waals surface area contributed by atoms with Crippen molar-refractivity contribution in [1.82, 2.24) is 0 Å². The number of hydrogen-bond acceptors (Lipinski definition) is 2. The average Bonchev–Trinajstić information content (AvgIpc) is 2.38. The minimum atomic E-state index is -0.456. The van der Waals surface area contributed by atoms with E-state index in [1.165, 1.54) is 5.56 Å². The summed E-state index contributed by atoms with van der Waals surface area (Å²) in [6, 6.07) is 10.1. The van der Waals surface area contributed by atoms with Gasteiger partial charge in [0, 0.05) is 12.3 Å². The largest absolute Gasteiger partial charge is 0.392 e. The molecule has 92 valence electrons. The van der Waals surface area contributed by atoms with Crippen LogP contribution in [0, 0.1) is 5.92 Å². The zero-order valence-electron chi connectivity index (χ0n) is 10.1. The molecule has 17 heavy (non-hydrogen) atoms. The van der Waals surface area contributed by atoms with Gasteiger partial charge in [-0.15, -0.1) is 0 Å². The van der Waals surface area contributed by atoms with Crippen molar-refractivity contribution in [3.05, 3.63) is 35.9 Å². The van der Waals surface area contributed by atoms with Crippen LogP contribution >= 0.6 is 0 Å². The summed E-state index contributed by atoms with van der Waals surface area (Å²) in [6.45, 7) is 0. The number of hydrogen-bond donors (Lipinski definition) is 1. The van der Waals surface area contributed by atoms with E-state index in [1.807, 2.05) is 18.2 Å². The third-order valence-corrected chi connectivity index (χ3v) is 3.64. The Morgan fingerprint density at radius 1 is 1.24 bits per heavy atom. The molecule has 1 aliphatic rings. The Morgan fingerprint density at radius 2 is 2.00 bits per heavy atom. The van der Waals surface area contributed by atoms with E-state index >= 15 is 0 Å². The number of benzene rings is 1. The van der Waals surface area contributed by atoms with Crippen molar-refractivity contribution >= 4 is 5.78 Å². The van der Waals surface area contributed by atoms with Crippen LogP contribution in [-0.4, -0.2) is 17.0 Å². The van der Waals surface area contributed by atoms with Crippen LogP contribution in [0.3, 0.4) is 0 Å². The lowest BCUT2D eigenvalue weighted by Crippen LogP contribution is -2.31. The van der Waals surface area contributed by atoms with Crippen molar-refractivity contribution in [2.75, 3.05) is 0 Å². The fourth-order valence-corrected chi connectivity index (χ4v) is 2.58. The first-order chi connectivity index (χ1) is 8.27. The maximum absolute atomic E-state index is 11.7. The first kappa shape index (κ1) is 12.3. The van der Waals surface area contributed by atoms with Gasteiger partial charge < -0.3 is 5.11 Å². The highest BCUT2D eigenvalue weighted by Crippen LogP contribution is 2.25. The summed E-state index contributed by atoms with van der Waals surface area (Å²) in [7, 11) is 0. The normalized spacial score (nSPS) is 22.4. The van der Waals surface area contributed by atoms with E-state index in [0.717, 1.165) is 25.7 Å². The number of carbonyl (C=O) groups is 1. The van der Waals surface area contributed by atoms with Crippen molar-refractivity contribution in [2.45, 2.75) is 44.6 Å². The highest BCUT2D eigenvalue weighted by molar-refractivity contribution is 5.82. The smallest absolute Gasteiger partial charge is 0.138 e. The maximum atomic E-state index is 11.7. The van der Waals surface area contributed by atoms with Gasteiger partial charge in [0.05, 0.1) is 6.10 Å². The summed E-state index contributed by atoms with van der Waals surface area (Å²) < 4.78 is 0. The van der Waals surface area contributed by atoms with Crippen molar-refractivity contribution in [3.8, 4) is 0 Å². The Labute approximate surface area is 103 Å². The summed E-state index contributed by atoms with van der Waals surface area (Å²) in [5, 5.41) is 10.1. The monoisotopic (exact) mass is 232 g/mol. The van der Waals surface area contributed by atoms with Gasteiger partial charge in [-0.05, 0) is 31.2 Å². The van der Waals surface area contributed by atoms with Gasteiger partial charge in [0.1, 0.15) is 5.78 Å². The SMILES string of the molecule is O=C1CCCC[C@H]1[C@H](O)CCc1ccccc1. The Balaban J connectivity index is 1.84. The molecular weight excluding hydrogens is 212 g/mol. The van der Waals surface area contributed by atoms with Gasteiger partial charge in [0.2, 0.25) is 0 Å². The van der Waals surface area contributed by atoms with Crippen LogP contribution in [0.5, 0.6) is 0 Å². The molecule has 2 atom stereocenters. The summed E-state index contributed by atoms with van der Waals surface area (Å²) in [5.41, 5.74) is 1.23.